The Morgan fingerprint density at radius 2 is 2.06 bits per heavy atom. The molecule has 2 aromatic rings. The van der Waals surface area contributed by atoms with Crippen molar-refractivity contribution in [2.24, 2.45) is 0 Å². The lowest BCUT2D eigenvalue weighted by Crippen LogP contribution is -1.92. The summed E-state index contributed by atoms with van der Waals surface area (Å²) in [6, 6.07) is 11.3. The molecule has 0 aliphatic rings. The molecule has 1 aromatic carbocycles. The second-order valence-corrected chi connectivity index (χ2v) is 5.11. The molecule has 0 unspecified atom stereocenters. The number of aromatic nitrogens is 1. The van der Waals surface area contributed by atoms with E-state index in [1.165, 1.54) is 11.8 Å². The smallest absolute Gasteiger partial charge is 0.101 e. The van der Waals surface area contributed by atoms with Gasteiger partial charge in [-0.25, -0.2) is 4.98 Å². The van der Waals surface area contributed by atoms with E-state index in [4.69, 9.17) is 11.6 Å². The first-order chi connectivity index (χ1) is 8.16. The number of pyridine rings is 1. The van der Waals surface area contributed by atoms with Crippen molar-refractivity contribution < 1.29 is 5.11 Å². The first-order valence-corrected chi connectivity index (χ1v) is 6.42. The molecule has 0 bridgehead atoms. The fraction of sp³-hybridized carbons (Fsp3) is 0.154. The van der Waals surface area contributed by atoms with Crippen molar-refractivity contribution in [3.05, 3.63) is 53.2 Å². The Balaban J connectivity index is 2.25. The molecule has 2 rings (SSSR count). The van der Waals surface area contributed by atoms with Crippen LogP contribution in [0, 0.1) is 0 Å². The standard InChI is InChI=1S/C13H12ClNOS/c1-9(16)10-6-7-15-13(8-10)17-12-5-3-2-4-11(12)14/h2-9,16H,1H3/t9-/m0/s1. The quantitative estimate of drug-likeness (QED) is 0.913. The summed E-state index contributed by atoms with van der Waals surface area (Å²) in [7, 11) is 0. The van der Waals surface area contributed by atoms with E-state index in [1.54, 1.807) is 19.2 Å². The highest BCUT2D eigenvalue weighted by Gasteiger charge is 2.06. The van der Waals surface area contributed by atoms with Crippen LogP contribution in [0.25, 0.3) is 0 Å². The minimum atomic E-state index is -0.483. The lowest BCUT2D eigenvalue weighted by molar-refractivity contribution is 0.199. The van der Waals surface area contributed by atoms with Crippen LogP contribution < -0.4 is 0 Å². The van der Waals surface area contributed by atoms with Crippen LogP contribution >= 0.6 is 23.4 Å². The van der Waals surface area contributed by atoms with Gasteiger partial charge in [-0.1, -0.05) is 35.5 Å². The Morgan fingerprint density at radius 3 is 2.76 bits per heavy atom. The lowest BCUT2D eigenvalue weighted by atomic mass is 10.2. The van der Waals surface area contributed by atoms with Crippen molar-refractivity contribution in [1.82, 2.24) is 4.98 Å². The van der Waals surface area contributed by atoms with Crippen molar-refractivity contribution in [2.75, 3.05) is 0 Å². The highest BCUT2D eigenvalue weighted by molar-refractivity contribution is 7.99. The van der Waals surface area contributed by atoms with Crippen LogP contribution in [0.4, 0.5) is 0 Å². The molecule has 0 aliphatic carbocycles. The molecule has 4 heteroatoms. The van der Waals surface area contributed by atoms with E-state index in [-0.39, 0.29) is 0 Å². The number of aliphatic hydroxyl groups excluding tert-OH is 1. The molecule has 1 N–H and O–H groups in total. The summed E-state index contributed by atoms with van der Waals surface area (Å²) in [5.41, 5.74) is 0.856. The Bertz CT molecular complexity index is 516. The van der Waals surface area contributed by atoms with Crippen molar-refractivity contribution in [3.8, 4) is 0 Å². The maximum absolute atomic E-state index is 9.51. The van der Waals surface area contributed by atoms with Crippen molar-refractivity contribution in [2.45, 2.75) is 22.9 Å². The van der Waals surface area contributed by atoms with E-state index in [0.29, 0.717) is 5.02 Å². The number of rotatable bonds is 3. The molecule has 1 atom stereocenters. The van der Waals surface area contributed by atoms with Gasteiger partial charge in [-0.3, -0.25) is 0 Å². The largest absolute Gasteiger partial charge is 0.389 e. The molecule has 0 aliphatic heterocycles. The zero-order valence-corrected chi connectivity index (χ0v) is 10.9. The van der Waals surface area contributed by atoms with Crippen molar-refractivity contribution in [3.63, 3.8) is 0 Å². The van der Waals surface area contributed by atoms with Crippen LogP contribution in [0.3, 0.4) is 0 Å². The van der Waals surface area contributed by atoms with Gasteiger partial charge in [-0.2, -0.15) is 0 Å². The third kappa shape index (κ3) is 3.22. The van der Waals surface area contributed by atoms with Gasteiger partial charge < -0.3 is 5.11 Å². The fourth-order valence-electron chi connectivity index (χ4n) is 1.38. The number of hydrogen-bond acceptors (Lipinski definition) is 3. The number of aliphatic hydroxyl groups is 1. The summed E-state index contributed by atoms with van der Waals surface area (Å²) in [4.78, 5) is 5.21. The highest BCUT2D eigenvalue weighted by Crippen LogP contribution is 2.32. The lowest BCUT2D eigenvalue weighted by Gasteiger charge is -2.07. The van der Waals surface area contributed by atoms with Gasteiger partial charge in [0.2, 0.25) is 0 Å². The zero-order chi connectivity index (χ0) is 12.3. The molecule has 0 spiro atoms. The third-order valence-corrected chi connectivity index (χ3v) is 3.74. The summed E-state index contributed by atoms with van der Waals surface area (Å²) in [5.74, 6) is 0. The molecule has 0 radical (unpaired) electrons. The monoisotopic (exact) mass is 265 g/mol. The first kappa shape index (κ1) is 12.4. The predicted molar refractivity (Wildman–Crippen MR) is 70.4 cm³/mol. The summed E-state index contributed by atoms with van der Waals surface area (Å²) >= 11 is 7.57. The average Bonchev–Trinajstić information content (AvgIpc) is 2.32. The molecule has 0 saturated heterocycles. The Morgan fingerprint density at radius 1 is 1.29 bits per heavy atom. The fourth-order valence-corrected chi connectivity index (χ4v) is 2.48. The number of benzene rings is 1. The van der Waals surface area contributed by atoms with Crippen LogP contribution in [-0.4, -0.2) is 10.1 Å². The Hall–Kier alpha value is -1.03. The summed E-state index contributed by atoms with van der Waals surface area (Å²) in [5, 5.41) is 11.0. The van der Waals surface area contributed by atoms with Gasteiger partial charge in [0, 0.05) is 11.1 Å². The average molecular weight is 266 g/mol. The molecule has 0 amide bonds. The van der Waals surface area contributed by atoms with Crippen LogP contribution in [0.5, 0.6) is 0 Å². The summed E-state index contributed by atoms with van der Waals surface area (Å²) < 4.78 is 0. The van der Waals surface area contributed by atoms with Crippen LogP contribution in [0.15, 0.2) is 52.5 Å². The first-order valence-electron chi connectivity index (χ1n) is 5.23. The van der Waals surface area contributed by atoms with Crippen LogP contribution in [0.2, 0.25) is 5.02 Å². The van der Waals surface area contributed by atoms with E-state index in [2.05, 4.69) is 4.98 Å². The molecule has 0 saturated carbocycles. The predicted octanol–water partition coefficient (Wildman–Crippen LogP) is 3.94. The molecular formula is C13H12ClNOS. The van der Waals surface area contributed by atoms with Crippen molar-refractivity contribution >= 4 is 23.4 Å². The molecule has 1 aromatic heterocycles. The van der Waals surface area contributed by atoms with Crippen molar-refractivity contribution in [1.29, 1.82) is 0 Å². The van der Waals surface area contributed by atoms with Gasteiger partial charge in [0.1, 0.15) is 5.03 Å². The second-order valence-electron chi connectivity index (χ2n) is 3.64. The van der Waals surface area contributed by atoms with E-state index in [9.17, 15) is 5.11 Å². The highest BCUT2D eigenvalue weighted by atomic mass is 35.5. The maximum Gasteiger partial charge on any atom is 0.101 e. The minimum absolute atomic E-state index is 0.483. The molecule has 17 heavy (non-hydrogen) atoms. The van der Waals surface area contributed by atoms with Crippen LogP contribution in [0.1, 0.15) is 18.6 Å². The minimum Gasteiger partial charge on any atom is -0.389 e. The SMILES string of the molecule is C[C@H](O)c1ccnc(Sc2ccccc2Cl)c1. The molecular weight excluding hydrogens is 254 g/mol. The van der Waals surface area contributed by atoms with Gasteiger partial charge >= 0.3 is 0 Å². The topological polar surface area (TPSA) is 33.1 Å². The number of hydrogen-bond donors (Lipinski definition) is 1. The van der Waals surface area contributed by atoms with Gasteiger partial charge in [-0.15, -0.1) is 0 Å². The summed E-state index contributed by atoms with van der Waals surface area (Å²) in [6.45, 7) is 1.74. The van der Waals surface area contributed by atoms with Crippen LogP contribution in [-0.2, 0) is 0 Å². The second kappa shape index (κ2) is 5.54. The van der Waals surface area contributed by atoms with Gasteiger partial charge in [0.25, 0.3) is 0 Å². The Labute approximate surface area is 110 Å². The van der Waals surface area contributed by atoms with Gasteiger partial charge in [0.05, 0.1) is 11.1 Å². The van der Waals surface area contributed by atoms with Gasteiger partial charge in [0.15, 0.2) is 0 Å². The van der Waals surface area contributed by atoms with E-state index in [0.717, 1.165) is 15.5 Å². The number of nitrogens with zero attached hydrogens (tertiary/aromatic N) is 1. The molecule has 1 heterocycles. The van der Waals surface area contributed by atoms with Gasteiger partial charge in [-0.05, 0) is 36.8 Å². The Kier molecular flexibility index (Phi) is 4.05. The van der Waals surface area contributed by atoms with E-state index in [1.807, 2.05) is 30.3 Å². The summed E-state index contributed by atoms with van der Waals surface area (Å²) in [6.07, 6.45) is 1.21. The zero-order valence-electron chi connectivity index (χ0n) is 9.30. The third-order valence-electron chi connectivity index (χ3n) is 2.29. The number of halogens is 1. The molecule has 88 valence electrons. The van der Waals surface area contributed by atoms with E-state index < -0.39 is 6.10 Å². The molecule has 2 nitrogen and oxygen atoms in total. The maximum atomic E-state index is 9.51. The normalized spacial score (nSPS) is 12.4. The molecule has 0 fully saturated rings. The van der Waals surface area contributed by atoms with E-state index >= 15 is 0 Å².